The van der Waals surface area contributed by atoms with E-state index in [2.05, 4.69) is 37.1 Å². The monoisotopic (exact) mass is 269 g/mol. The molecule has 0 heterocycles. The van der Waals surface area contributed by atoms with Crippen LogP contribution < -0.4 is 5.32 Å². The lowest BCUT2D eigenvalue weighted by atomic mass is 9.92. The van der Waals surface area contributed by atoms with Crippen LogP contribution in [0, 0.1) is 11.3 Å². The average molecular weight is 269 g/mol. The fourth-order valence-corrected chi connectivity index (χ4v) is 2.27. The normalized spacial score (nSPS) is 14.3. The minimum Gasteiger partial charge on any atom is -0.380 e. The Balaban J connectivity index is 4.05. The van der Waals surface area contributed by atoms with Crippen molar-refractivity contribution in [1.82, 2.24) is 10.2 Å². The fraction of sp³-hybridized carbons (Fsp3) is 0.933. The first-order chi connectivity index (χ1) is 9.17. The van der Waals surface area contributed by atoms with Gasteiger partial charge in [-0.05, 0) is 45.8 Å². The quantitative estimate of drug-likeness (QED) is 0.553. The Morgan fingerprint density at radius 3 is 2.42 bits per heavy atom. The Kier molecular flexibility index (Phi) is 10.8. The van der Waals surface area contributed by atoms with Crippen LogP contribution in [0.25, 0.3) is 0 Å². The highest BCUT2D eigenvalue weighted by Crippen LogP contribution is 2.16. The standard InChI is InChI=1S/C15H31N3O/c1-5-15(14-16,17-6-2)10-9-11-18(7-3)12-13-19-8-4/h17H,5-13H2,1-4H3. The van der Waals surface area contributed by atoms with Gasteiger partial charge in [-0.1, -0.05) is 20.8 Å². The summed E-state index contributed by atoms with van der Waals surface area (Å²) in [7, 11) is 0. The Labute approximate surface area is 119 Å². The van der Waals surface area contributed by atoms with Gasteiger partial charge in [0.2, 0.25) is 0 Å². The number of hydrogen-bond acceptors (Lipinski definition) is 4. The van der Waals surface area contributed by atoms with Gasteiger partial charge in [-0.15, -0.1) is 0 Å². The Bertz CT molecular complexity index is 252. The summed E-state index contributed by atoms with van der Waals surface area (Å²) < 4.78 is 5.39. The molecule has 0 amide bonds. The lowest BCUT2D eigenvalue weighted by molar-refractivity contribution is 0.114. The van der Waals surface area contributed by atoms with Crippen LogP contribution >= 0.6 is 0 Å². The zero-order chi connectivity index (χ0) is 14.6. The maximum atomic E-state index is 9.36. The van der Waals surface area contributed by atoms with E-state index < -0.39 is 0 Å². The van der Waals surface area contributed by atoms with Crippen molar-refractivity contribution < 1.29 is 4.74 Å². The molecule has 1 N–H and O–H groups in total. The summed E-state index contributed by atoms with van der Waals surface area (Å²) in [5, 5.41) is 12.7. The van der Waals surface area contributed by atoms with Gasteiger partial charge in [-0.25, -0.2) is 0 Å². The van der Waals surface area contributed by atoms with Gasteiger partial charge < -0.3 is 9.64 Å². The molecule has 0 radical (unpaired) electrons. The smallest absolute Gasteiger partial charge is 0.106 e. The third kappa shape index (κ3) is 7.51. The molecule has 0 saturated heterocycles. The Hall–Kier alpha value is -0.630. The first-order valence-electron chi connectivity index (χ1n) is 7.64. The summed E-state index contributed by atoms with van der Waals surface area (Å²) in [5.74, 6) is 0. The van der Waals surface area contributed by atoms with Crippen LogP contribution in [0.15, 0.2) is 0 Å². The maximum absolute atomic E-state index is 9.36. The van der Waals surface area contributed by atoms with Crippen LogP contribution in [-0.2, 0) is 4.74 Å². The van der Waals surface area contributed by atoms with E-state index in [1.54, 1.807) is 0 Å². The van der Waals surface area contributed by atoms with E-state index in [4.69, 9.17) is 4.74 Å². The Morgan fingerprint density at radius 2 is 1.95 bits per heavy atom. The molecule has 4 nitrogen and oxygen atoms in total. The van der Waals surface area contributed by atoms with E-state index in [1.807, 2.05) is 6.92 Å². The van der Waals surface area contributed by atoms with E-state index in [1.165, 1.54) is 0 Å². The van der Waals surface area contributed by atoms with Gasteiger partial charge >= 0.3 is 0 Å². The zero-order valence-electron chi connectivity index (χ0n) is 13.2. The lowest BCUT2D eigenvalue weighted by Gasteiger charge is -2.27. The van der Waals surface area contributed by atoms with Crippen molar-refractivity contribution in [1.29, 1.82) is 5.26 Å². The molecule has 0 saturated carbocycles. The van der Waals surface area contributed by atoms with Crippen molar-refractivity contribution in [3.8, 4) is 6.07 Å². The highest BCUT2D eigenvalue weighted by atomic mass is 16.5. The molecule has 0 aromatic heterocycles. The second-order valence-electron chi connectivity index (χ2n) is 4.81. The molecular weight excluding hydrogens is 238 g/mol. The maximum Gasteiger partial charge on any atom is 0.106 e. The molecule has 0 fully saturated rings. The minimum atomic E-state index is -0.339. The van der Waals surface area contributed by atoms with Crippen LogP contribution in [-0.4, -0.2) is 49.8 Å². The predicted molar refractivity (Wildman–Crippen MR) is 80.2 cm³/mol. The first-order valence-corrected chi connectivity index (χ1v) is 7.64. The van der Waals surface area contributed by atoms with Crippen LogP contribution in [0.5, 0.6) is 0 Å². The number of nitriles is 1. The number of hydrogen-bond donors (Lipinski definition) is 1. The SMILES string of the molecule is CCNC(C#N)(CC)CCCN(CC)CCOCC. The van der Waals surface area contributed by atoms with Crippen LogP contribution in [0.2, 0.25) is 0 Å². The van der Waals surface area contributed by atoms with Crippen molar-refractivity contribution in [3.05, 3.63) is 0 Å². The van der Waals surface area contributed by atoms with E-state index in [9.17, 15) is 5.26 Å². The molecule has 0 spiro atoms. The summed E-state index contributed by atoms with van der Waals surface area (Å²) in [4.78, 5) is 2.39. The molecule has 0 rings (SSSR count). The largest absolute Gasteiger partial charge is 0.380 e. The summed E-state index contributed by atoms with van der Waals surface area (Å²) in [6.07, 6.45) is 2.83. The van der Waals surface area contributed by atoms with Crippen molar-refractivity contribution in [2.75, 3.05) is 39.4 Å². The second kappa shape index (κ2) is 11.2. The van der Waals surface area contributed by atoms with Crippen molar-refractivity contribution >= 4 is 0 Å². The van der Waals surface area contributed by atoms with E-state index >= 15 is 0 Å². The molecule has 0 aliphatic heterocycles. The van der Waals surface area contributed by atoms with Crippen molar-refractivity contribution in [2.24, 2.45) is 0 Å². The van der Waals surface area contributed by atoms with E-state index in [0.29, 0.717) is 0 Å². The fourth-order valence-electron chi connectivity index (χ4n) is 2.27. The third-order valence-corrected chi connectivity index (χ3v) is 3.61. The van der Waals surface area contributed by atoms with Gasteiger partial charge in [-0.2, -0.15) is 5.26 Å². The van der Waals surface area contributed by atoms with Crippen LogP contribution in [0.4, 0.5) is 0 Å². The number of rotatable bonds is 12. The summed E-state index contributed by atoms with van der Waals surface area (Å²) in [6.45, 7) is 13.8. The highest BCUT2D eigenvalue weighted by molar-refractivity contribution is 5.05. The number of likely N-dealkylation sites (N-methyl/N-ethyl adjacent to an activating group) is 1. The second-order valence-corrected chi connectivity index (χ2v) is 4.81. The number of ether oxygens (including phenoxy) is 1. The summed E-state index contributed by atoms with van der Waals surface area (Å²) in [5.41, 5.74) is -0.339. The molecule has 1 atom stereocenters. The lowest BCUT2D eigenvalue weighted by Crippen LogP contribution is -2.44. The molecule has 4 heteroatoms. The summed E-state index contributed by atoms with van der Waals surface area (Å²) >= 11 is 0. The van der Waals surface area contributed by atoms with Crippen molar-refractivity contribution in [2.45, 2.75) is 52.5 Å². The van der Waals surface area contributed by atoms with Crippen LogP contribution in [0.3, 0.4) is 0 Å². The van der Waals surface area contributed by atoms with Crippen molar-refractivity contribution in [3.63, 3.8) is 0 Å². The molecule has 0 aromatic rings. The molecule has 112 valence electrons. The van der Waals surface area contributed by atoms with Gasteiger partial charge in [0.15, 0.2) is 0 Å². The van der Waals surface area contributed by atoms with Crippen LogP contribution in [0.1, 0.15) is 47.0 Å². The van der Waals surface area contributed by atoms with Gasteiger partial charge in [-0.3, -0.25) is 5.32 Å². The predicted octanol–water partition coefficient (Wildman–Crippen LogP) is 2.41. The van der Waals surface area contributed by atoms with Gasteiger partial charge in [0.25, 0.3) is 0 Å². The average Bonchev–Trinajstić information content (AvgIpc) is 2.44. The Morgan fingerprint density at radius 1 is 1.21 bits per heavy atom. The van der Waals surface area contributed by atoms with Gasteiger partial charge in [0.05, 0.1) is 12.7 Å². The summed E-state index contributed by atoms with van der Waals surface area (Å²) in [6, 6.07) is 2.46. The molecule has 0 aliphatic rings. The first kappa shape index (κ1) is 18.4. The number of nitrogens with one attached hydrogen (secondary N) is 1. The number of nitrogens with zero attached hydrogens (tertiary/aromatic N) is 2. The highest BCUT2D eigenvalue weighted by Gasteiger charge is 2.25. The molecular formula is C15H31N3O. The topological polar surface area (TPSA) is 48.3 Å². The van der Waals surface area contributed by atoms with E-state index in [0.717, 1.165) is 58.7 Å². The van der Waals surface area contributed by atoms with Gasteiger partial charge in [0.1, 0.15) is 5.54 Å². The molecule has 0 bridgehead atoms. The zero-order valence-corrected chi connectivity index (χ0v) is 13.2. The van der Waals surface area contributed by atoms with Gasteiger partial charge in [0, 0.05) is 13.2 Å². The molecule has 0 aliphatic carbocycles. The minimum absolute atomic E-state index is 0.339. The molecule has 19 heavy (non-hydrogen) atoms. The van der Waals surface area contributed by atoms with E-state index in [-0.39, 0.29) is 5.54 Å². The molecule has 1 unspecified atom stereocenters. The molecule has 0 aromatic carbocycles. The third-order valence-electron chi connectivity index (χ3n) is 3.61.